The van der Waals surface area contributed by atoms with Crippen molar-refractivity contribution in [3.8, 4) is 17.1 Å². The van der Waals surface area contributed by atoms with Crippen LogP contribution in [-0.4, -0.2) is 17.2 Å². The molecule has 1 aromatic heterocycles. The zero-order valence-electron chi connectivity index (χ0n) is 13.7. The first kappa shape index (κ1) is 18.7. The number of hydrogen-bond donors (Lipinski definition) is 2. The number of halogens is 2. The van der Waals surface area contributed by atoms with Gasteiger partial charge in [-0.3, -0.25) is 4.79 Å². The van der Waals surface area contributed by atoms with Crippen LogP contribution in [0.4, 0.5) is 0 Å². The lowest BCUT2D eigenvalue weighted by Gasteiger charge is -2.02. The molecular weight excluding hydrogens is 511 g/mol. The van der Waals surface area contributed by atoms with Gasteiger partial charge in [-0.25, -0.2) is 5.43 Å². The first-order valence-electron chi connectivity index (χ1n) is 7.62. The molecule has 1 heterocycles. The number of amides is 1. The van der Waals surface area contributed by atoms with Gasteiger partial charge in [0.05, 0.1) is 9.78 Å². The third-order valence-electron chi connectivity index (χ3n) is 3.58. The maximum atomic E-state index is 12.0. The summed E-state index contributed by atoms with van der Waals surface area (Å²) in [7, 11) is 0. The fourth-order valence-electron chi connectivity index (χ4n) is 2.26. The molecule has 0 spiro atoms. The van der Waals surface area contributed by atoms with Crippen LogP contribution in [0, 0.1) is 10.5 Å². The predicted molar refractivity (Wildman–Crippen MR) is 112 cm³/mol. The van der Waals surface area contributed by atoms with Crippen LogP contribution >= 0.6 is 38.5 Å². The summed E-state index contributed by atoms with van der Waals surface area (Å²) in [6.07, 6.45) is 1.43. The molecule has 2 N–H and O–H groups in total. The SMILES string of the molecule is Cc1ccc(-c2ccc(/C=N\NC(=O)c3ccc(I)c(O)c3)o2)c(Br)c1. The van der Waals surface area contributed by atoms with E-state index in [1.807, 2.05) is 53.8 Å². The summed E-state index contributed by atoms with van der Waals surface area (Å²) >= 11 is 5.51. The van der Waals surface area contributed by atoms with E-state index >= 15 is 0 Å². The molecule has 3 aromatic rings. The second kappa shape index (κ2) is 8.05. The van der Waals surface area contributed by atoms with Gasteiger partial charge in [-0.15, -0.1) is 0 Å². The highest BCUT2D eigenvalue weighted by Crippen LogP contribution is 2.30. The average molecular weight is 525 g/mol. The molecule has 7 heteroatoms. The van der Waals surface area contributed by atoms with Crippen molar-refractivity contribution in [3.05, 3.63) is 73.5 Å². The molecule has 0 fully saturated rings. The zero-order chi connectivity index (χ0) is 18.7. The van der Waals surface area contributed by atoms with Gasteiger partial charge in [0.1, 0.15) is 17.3 Å². The molecule has 5 nitrogen and oxygen atoms in total. The summed E-state index contributed by atoms with van der Waals surface area (Å²) in [6, 6.07) is 14.3. The Balaban J connectivity index is 1.68. The van der Waals surface area contributed by atoms with Crippen molar-refractivity contribution < 1.29 is 14.3 Å². The molecule has 0 saturated carbocycles. The third-order valence-corrected chi connectivity index (χ3v) is 5.15. The van der Waals surface area contributed by atoms with Crippen molar-refractivity contribution in [2.24, 2.45) is 5.10 Å². The Hall–Kier alpha value is -2.13. The molecule has 132 valence electrons. The molecule has 0 radical (unpaired) electrons. The van der Waals surface area contributed by atoms with E-state index in [4.69, 9.17) is 4.42 Å². The fraction of sp³-hybridized carbons (Fsp3) is 0.0526. The Labute approximate surface area is 172 Å². The van der Waals surface area contributed by atoms with Crippen molar-refractivity contribution in [2.45, 2.75) is 6.92 Å². The van der Waals surface area contributed by atoms with Crippen LogP contribution in [-0.2, 0) is 0 Å². The highest BCUT2D eigenvalue weighted by atomic mass is 127. The number of carbonyl (C=O) groups excluding carboxylic acids is 1. The van der Waals surface area contributed by atoms with Crippen LogP contribution in [0.25, 0.3) is 11.3 Å². The van der Waals surface area contributed by atoms with E-state index in [1.54, 1.807) is 18.2 Å². The number of aryl methyl sites for hydroxylation is 1. The number of nitrogens with one attached hydrogen (secondary N) is 1. The molecule has 0 aliphatic heterocycles. The summed E-state index contributed by atoms with van der Waals surface area (Å²) < 4.78 is 7.36. The standard InChI is InChI=1S/C19H14BrIN2O3/c1-11-2-5-14(15(20)8-11)18-7-4-13(26-18)10-22-23-19(25)12-3-6-16(21)17(24)9-12/h2-10,24H,1H3,(H,23,25)/b22-10-. The lowest BCUT2D eigenvalue weighted by molar-refractivity contribution is 0.0954. The molecule has 3 rings (SSSR count). The quantitative estimate of drug-likeness (QED) is 0.283. The maximum Gasteiger partial charge on any atom is 0.271 e. The summed E-state index contributed by atoms with van der Waals surface area (Å²) in [5.41, 5.74) is 4.82. The molecule has 0 aliphatic carbocycles. The minimum absolute atomic E-state index is 0.0570. The van der Waals surface area contributed by atoms with Crippen LogP contribution in [0.1, 0.15) is 21.7 Å². The topological polar surface area (TPSA) is 74.8 Å². The summed E-state index contributed by atoms with van der Waals surface area (Å²) in [5, 5.41) is 13.6. The predicted octanol–water partition coefficient (Wildman–Crippen LogP) is 5.09. The van der Waals surface area contributed by atoms with Crippen LogP contribution in [0.3, 0.4) is 0 Å². The number of phenolic OH excluding ortho intramolecular Hbond substituents is 1. The smallest absolute Gasteiger partial charge is 0.271 e. The van der Waals surface area contributed by atoms with Gasteiger partial charge in [0.15, 0.2) is 0 Å². The van der Waals surface area contributed by atoms with E-state index < -0.39 is 5.91 Å². The van der Waals surface area contributed by atoms with Gasteiger partial charge in [-0.1, -0.05) is 22.0 Å². The number of hydrogen-bond acceptors (Lipinski definition) is 4. The number of carbonyl (C=O) groups is 1. The Morgan fingerprint density at radius 3 is 2.77 bits per heavy atom. The van der Waals surface area contributed by atoms with Crippen molar-refractivity contribution in [2.75, 3.05) is 0 Å². The molecule has 0 aliphatic rings. The number of aromatic hydroxyl groups is 1. The summed E-state index contributed by atoms with van der Waals surface area (Å²) in [6.45, 7) is 2.02. The van der Waals surface area contributed by atoms with Crippen LogP contribution in [0.5, 0.6) is 5.75 Å². The number of hydrazone groups is 1. The van der Waals surface area contributed by atoms with E-state index in [1.165, 1.54) is 12.3 Å². The molecular formula is C19H14BrIN2O3. The monoisotopic (exact) mass is 524 g/mol. The second-order valence-corrected chi connectivity index (χ2v) is 7.57. The molecule has 2 aromatic carbocycles. The average Bonchev–Trinajstić information content (AvgIpc) is 3.05. The van der Waals surface area contributed by atoms with Gasteiger partial charge in [-0.2, -0.15) is 5.10 Å². The van der Waals surface area contributed by atoms with Crippen molar-refractivity contribution in [1.29, 1.82) is 0 Å². The Kier molecular flexibility index (Phi) is 5.77. The van der Waals surface area contributed by atoms with Crippen LogP contribution in [0.2, 0.25) is 0 Å². The number of nitrogens with zero attached hydrogens (tertiary/aromatic N) is 1. The number of benzene rings is 2. The molecule has 26 heavy (non-hydrogen) atoms. The van der Waals surface area contributed by atoms with E-state index in [0.717, 1.165) is 15.6 Å². The highest BCUT2D eigenvalue weighted by molar-refractivity contribution is 14.1. The molecule has 0 unspecified atom stereocenters. The third kappa shape index (κ3) is 4.34. The summed E-state index contributed by atoms with van der Waals surface area (Å²) in [5.74, 6) is 0.855. The largest absolute Gasteiger partial charge is 0.507 e. The molecule has 0 bridgehead atoms. The van der Waals surface area contributed by atoms with Crippen molar-refractivity contribution >= 4 is 50.6 Å². The van der Waals surface area contributed by atoms with Gasteiger partial charge in [0, 0.05) is 15.6 Å². The Morgan fingerprint density at radius 2 is 2.04 bits per heavy atom. The first-order valence-corrected chi connectivity index (χ1v) is 9.49. The van der Waals surface area contributed by atoms with Gasteiger partial charge >= 0.3 is 0 Å². The lowest BCUT2D eigenvalue weighted by atomic mass is 10.1. The lowest BCUT2D eigenvalue weighted by Crippen LogP contribution is -2.17. The highest BCUT2D eigenvalue weighted by Gasteiger charge is 2.09. The van der Waals surface area contributed by atoms with Crippen molar-refractivity contribution in [3.63, 3.8) is 0 Å². The Morgan fingerprint density at radius 1 is 1.23 bits per heavy atom. The Bertz CT molecular complexity index is 998. The number of furan rings is 1. The van der Waals surface area contributed by atoms with Crippen LogP contribution < -0.4 is 5.43 Å². The van der Waals surface area contributed by atoms with Crippen LogP contribution in [0.15, 0.2) is 62.5 Å². The zero-order valence-corrected chi connectivity index (χ0v) is 17.4. The van der Waals surface area contributed by atoms with E-state index in [2.05, 4.69) is 26.5 Å². The van der Waals surface area contributed by atoms with E-state index in [0.29, 0.717) is 20.7 Å². The maximum absolute atomic E-state index is 12.0. The van der Waals surface area contributed by atoms with Gasteiger partial charge in [0.2, 0.25) is 0 Å². The van der Waals surface area contributed by atoms with Gasteiger partial charge in [-0.05, 0) is 77.5 Å². The molecule has 0 saturated heterocycles. The second-order valence-electron chi connectivity index (χ2n) is 5.55. The fourth-order valence-corrected chi connectivity index (χ4v) is 3.28. The minimum atomic E-state index is -0.416. The number of rotatable bonds is 4. The molecule has 0 atom stereocenters. The molecule has 1 amide bonds. The van der Waals surface area contributed by atoms with Gasteiger partial charge in [0.25, 0.3) is 5.91 Å². The minimum Gasteiger partial charge on any atom is -0.507 e. The normalized spacial score (nSPS) is 11.0. The first-order chi connectivity index (χ1) is 12.4. The van der Waals surface area contributed by atoms with Crippen molar-refractivity contribution in [1.82, 2.24) is 5.43 Å². The number of phenols is 1. The summed E-state index contributed by atoms with van der Waals surface area (Å²) in [4.78, 5) is 12.0. The van der Waals surface area contributed by atoms with Gasteiger partial charge < -0.3 is 9.52 Å². The van der Waals surface area contributed by atoms with E-state index in [-0.39, 0.29) is 5.75 Å². The van der Waals surface area contributed by atoms with E-state index in [9.17, 15) is 9.90 Å².